The topological polar surface area (TPSA) is 37.3 Å². The Bertz CT molecular complexity index is 305. The molecule has 70 valence electrons. The van der Waals surface area contributed by atoms with E-state index in [1.807, 2.05) is 13.0 Å². The van der Waals surface area contributed by atoms with Crippen molar-refractivity contribution in [3.05, 3.63) is 24.8 Å². The SMILES string of the molecule is C=C[C@]1(O)CC[C@@]2(C)C(=O)C=C[C@H]21. The zero-order valence-electron chi connectivity index (χ0n) is 7.79. The van der Waals surface area contributed by atoms with Crippen LogP contribution in [0.4, 0.5) is 0 Å². The minimum atomic E-state index is -0.864. The van der Waals surface area contributed by atoms with E-state index >= 15 is 0 Å². The Morgan fingerprint density at radius 1 is 1.69 bits per heavy atom. The molecule has 0 saturated heterocycles. The number of rotatable bonds is 1. The van der Waals surface area contributed by atoms with E-state index in [-0.39, 0.29) is 17.1 Å². The van der Waals surface area contributed by atoms with Crippen molar-refractivity contribution in [3.8, 4) is 0 Å². The lowest BCUT2D eigenvalue weighted by Crippen LogP contribution is -2.36. The normalized spacial score (nSPS) is 48.2. The molecule has 0 aromatic rings. The molecule has 0 aromatic heterocycles. The van der Waals surface area contributed by atoms with Gasteiger partial charge in [0.2, 0.25) is 0 Å². The molecule has 0 heterocycles. The van der Waals surface area contributed by atoms with Crippen LogP contribution in [0.15, 0.2) is 24.8 Å². The van der Waals surface area contributed by atoms with Gasteiger partial charge in [0, 0.05) is 11.3 Å². The Morgan fingerprint density at radius 3 is 3.00 bits per heavy atom. The third-order valence-electron chi connectivity index (χ3n) is 3.63. The summed E-state index contributed by atoms with van der Waals surface area (Å²) in [6.45, 7) is 5.57. The summed E-state index contributed by atoms with van der Waals surface area (Å²) in [5, 5.41) is 10.1. The molecule has 1 fully saturated rings. The summed E-state index contributed by atoms with van der Waals surface area (Å²) in [7, 11) is 0. The summed E-state index contributed by atoms with van der Waals surface area (Å²) in [5.74, 6) is 0.0836. The van der Waals surface area contributed by atoms with Gasteiger partial charge in [-0.2, -0.15) is 0 Å². The third kappa shape index (κ3) is 0.894. The predicted octanol–water partition coefficient (Wildman–Crippen LogP) is 1.46. The van der Waals surface area contributed by atoms with E-state index in [2.05, 4.69) is 6.58 Å². The van der Waals surface area contributed by atoms with Crippen LogP contribution in [0.2, 0.25) is 0 Å². The average molecular weight is 178 g/mol. The lowest BCUT2D eigenvalue weighted by Gasteiger charge is -2.29. The second-order valence-electron chi connectivity index (χ2n) is 4.31. The molecule has 2 nitrogen and oxygen atoms in total. The highest BCUT2D eigenvalue weighted by Gasteiger charge is 2.56. The number of hydrogen-bond acceptors (Lipinski definition) is 2. The molecule has 0 spiro atoms. The van der Waals surface area contributed by atoms with E-state index in [9.17, 15) is 9.90 Å². The molecule has 13 heavy (non-hydrogen) atoms. The van der Waals surface area contributed by atoms with Gasteiger partial charge in [-0.15, -0.1) is 6.58 Å². The highest BCUT2D eigenvalue weighted by Crippen LogP contribution is 2.53. The van der Waals surface area contributed by atoms with E-state index < -0.39 is 5.60 Å². The van der Waals surface area contributed by atoms with Gasteiger partial charge in [0.05, 0.1) is 5.60 Å². The number of allylic oxidation sites excluding steroid dienone is 1. The van der Waals surface area contributed by atoms with Gasteiger partial charge in [0.25, 0.3) is 0 Å². The first-order chi connectivity index (χ1) is 6.03. The number of fused-ring (bicyclic) bond motifs is 1. The van der Waals surface area contributed by atoms with Crippen molar-refractivity contribution in [1.82, 2.24) is 0 Å². The van der Waals surface area contributed by atoms with Gasteiger partial charge in [0.1, 0.15) is 0 Å². The van der Waals surface area contributed by atoms with Crippen LogP contribution in [0, 0.1) is 11.3 Å². The van der Waals surface area contributed by atoms with Crippen LogP contribution < -0.4 is 0 Å². The van der Waals surface area contributed by atoms with Gasteiger partial charge in [-0.1, -0.05) is 19.1 Å². The molecule has 0 unspecified atom stereocenters. The molecule has 2 rings (SSSR count). The summed E-state index contributed by atoms with van der Waals surface area (Å²) in [5.41, 5.74) is -1.24. The largest absolute Gasteiger partial charge is 0.385 e. The van der Waals surface area contributed by atoms with Crippen molar-refractivity contribution in [3.63, 3.8) is 0 Å². The standard InChI is InChI=1S/C11H14O2/c1-3-11(13)7-6-10(2)8(11)4-5-9(10)12/h3-5,8,13H,1,6-7H2,2H3/t8-,10-,11+/m1/s1. The quantitative estimate of drug-likeness (QED) is 0.617. The summed E-state index contributed by atoms with van der Waals surface area (Å²) in [4.78, 5) is 11.5. The van der Waals surface area contributed by atoms with E-state index in [0.717, 1.165) is 6.42 Å². The first-order valence-electron chi connectivity index (χ1n) is 4.61. The molecule has 2 aliphatic rings. The zero-order valence-corrected chi connectivity index (χ0v) is 7.79. The maximum Gasteiger partial charge on any atom is 0.161 e. The summed E-state index contributed by atoms with van der Waals surface area (Å²) < 4.78 is 0. The number of hydrogen-bond donors (Lipinski definition) is 1. The van der Waals surface area contributed by atoms with Crippen molar-refractivity contribution in [2.24, 2.45) is 11.3 Å². The highest BCUT2D eigenvalue weighted by atomic mass is 16.3. The first-order valence-corrected chi connectivity index (χ1v) is 4.61. The van der Waals surface area contributed by atoms with Gasteiger partial charge >= 0.3 is 0 Å². The second kappa shape index (κ2) is 2.32. The van der Waals surface area contributed by atoms with Crippen molar-refractivity contribution in [1.29, 1.82) is 0 Å². The molecule has 0 amide bonds. The van der Waals surface area contributed by atoms with Crippen molar-refractivity contribution < 1.29 is 9.90 Å². The molecule has 0 radical (unpaired) electrons. The van der Waals surface area contributed by atoms with Gasteiger partial charge in [0.15, 0.2) is 5.78 Å². The van der Waals surface area contributed by atoms with Crippen molar-refractivity contribution in [2.75, 3.05) is 0 Å². The highest BCUT2D eigenvalue weighted by molar-refractivity contribution is 5.98. The second-order valence-corrected chi connectivity index (χ2v) is 4.31. The molecule has 0 bridgehead atoms. The summed E-state index contributed by atoms with van der Waals surface area (Å²) in [6, 6.07) is 0. The average Bonchev–Trinajstić information content (AvgIpc) is 2.54. The van der Waals surface area contributed by atoms with Crippen LogP contribution in [-0.4, -0.2) is 16.5 Å². The maximum atomic E-state index is 11.5. The first kappa shape index (κ1) is 8.70. The van der Waals surface area contributed by atoms with Gasteiger partial charge in [-0.05, 0) is 18.9 Å². The Kier molecular flexibility index (Phi) is 1.55. The van der Waals surface area contributed by atoms with Gasteiger partial charge in [-0.3, -0.25) is 4.79 Å². The minimum absolute atomic E-state index is 0.0648. The van der Waals surface area contributed by atoms with Crippen LogP contribution in [0.3, 0.4) is 0 Å². The van der Waals surface area contributed by atoms with E-state index in [1.165, 1.54) is 0 Å². The minimum Gasteiger partial charge on any atom is -0.385 e. The van der Waals surface area contributed by atoms with E-state index in [1.54, 1.807) is 12.2 Å². The summed E-state index contributed by atoms with van der Waals surface area (Å²) in [6.07, 6.45) is 6.40. The summed E-state index contributed by atoms with van der Waals surface area (Å²) >= 11 is 0. The molecule has 3 atom stereocenters. The van der Waals surface area contributed by atoms with E-state index in [0.29, 0.717) is 6.42 Å². The molecule has 1 saturated carbocycles. The van der Waals surface area contributed by atoms with Crippen LogP contribution in [0.25, 0.3) is 0 Å². The molecule has 2 heteroatoms. The fourth-order valence-corrected chi connectivity index (χ4v) is 2.58. The van der Waals surface area contributed by atoms with Gasteiger partial charge in [-0.25, -0.2) is 0 Å². The Morgan fingerprint density at radius 2 is 2.38 bits per heavy atom. The van der Waals surface area contributed by atoms with Crippen LogP contribution in [0.1, 0.15) is 19.8 Å². The molecule has 1 N–H and O–H groups in total. The van der Waals surface area contributed by atoms with Crippen molar-refractivity contribution >= 4 is 5.78 Å². The Balaban J connectivity index is 2.43. The smallest absolute Gasteiger partial charge is 0.161 e. The maximum absolute atomic E-state index is 11.5. The number of carbonyl (C=O) groups is 1. The lowest BCUT2D eigenvalue weighted by molar-refractivity contribution is -0.123. The Hall–Kier alpha value is -0.890. The van der Waals surface area contributed by atoms with Crippen LogP contribution >= 0.6 is 0 Å². The molecule has 0 aromatic carbocycles. The fraction of sp³-hybridized carbons (Fsp3) is 0.545. The zero-order chi connectivity index (χ0) is 9.69. The van der Waals surface area contributed by atoms with Crippen LogP contribution in [0.5, 0.6) is 0 Å². The predicted molar refractivity (Wildman–Crippen MR) is 50.1 cm³/mol. The monoisotopic (exact) mass is 178 g/mol. The molecular weight excluding hydrogens is 164 g/mol. The lowest BCUT2D eigenvalue weighted by atomic mass is 9.77. The Labute approximate surface area is 78.0 Å². The van der Waals surface area contributed by atoms with Crippen molar-refractivity contribution in [2.45, 2.75) is 25.4 Å². The molecule has 2 aliphatic carbocycles. The fourth-order valence-electron chi connectivity index (χ4n) is 2.58. The molecular formula is C11H14O2. The molecule has 0 aliphatic heterocycles. The third-order valence-corrected chi connectivity index (χ3v) is 3.63. The number of ketones is 1. The van der Waals surface area contributed by atoms with Crippen LogP contribution in [-0.2, 0) is 4.79 Å². The number of carbonyl (C=O) groups excluding carboxylic acids is 1. The van der Waals surface area contributed by atoms with Gasteiger partial charge < -0.3 is 5.11 Å². The number of aliphatic hydroxyl groups is 1. The van der Waals surface area contributed by atoms with E-state index in [4.69, 9.17) is 0 Å².